The average molecular weight is 358 g/mol. The summed E-state index contributed by atoms with van der Waals surface area (Å²) >= 11 is 6.69. The van der Waals surface area contributed by atoms with E-state index in [-0.39, 0.29) is 0 Å². The van der Waals surface area contributed by atoms with Gasteiger partial charge in [0, 0.05) is 21.8 Å². The van der Waals surface area contributed by atoms with Crippen molar-refractivity contribution in [1.82, 2.24) is 14.7 Å². The van der Waals surface area contributed by atoms with Gasteiger partial charge in [-0.1, -0.05) is 40.7 Å². The molecule has 1 aromatic heterocycles. The highest BCUT2D eigenvalue weighted by Crippen LogP contribution is 2.35. The first-order valence-corrected chi connectivity index (χ1v) is 8.49. The number of nitrogens with one attached hydrogen (secondary N) is 1. The van der Waals surface area contributed by atoms with E-state index in [2.05, 4.69) is 62.7 Å². The Kier molecular flexibility index (Phi) is 5.38. The van der Waals surface area contributed by atoms with Crippen molar-refractivity contribution in [2.45, 2.75) is 35.5 Å². The molecule has 102 valence electrons. The summed E-state index contributed by atoms with van der Waals surface area (Å²) in [6.07, 6.45) is 0.884. The summed E-state index contributed by atoms with van der Waals surface area (Å²) in [6.45, 7) is 4.23. The van der Waals surface area contributed by atoms with Crippen molar-refractivity contribution in [3.05, 3.63) is 34.1 Å². The fraction of sp³-hybridized carbons (Fsp3) is 0.385. The standard InChI is InChI=1S/C13H16BrN3S2/c1-4-12-16-13(19-17-12)18-11-7-9(14)5-6-10(11)8(2)15-3/h5-8,15H,4H2,1-3H3. The topological polar surface area (TPSA) is 37.8 Å². The van der Waals surface area contributed by atoms with E-state index in [4.69, 9.17) is 0 Å². The van der Waals surface area contributed by atoms with Crippen LogP contribution in [0.1, 0.15) is 31.3 Å². The van der Waals surface area contributed by atoms with Gasteiger partial charge in [-0.25, -0.2) is 4.98 Å². The SMILES string of the molecule is CCc1nsc(Sc2cc(Br)ccc2C(C)NC)n1. The fourth-order valence-electron chi connectivity index (χ4n) is 1.63. The lowest BCUT2D eigenvalue weighted by atomic mass is 10.1. The molecular formula is C13H16BrN3S2. The van der Waals surface area contributed by atoms with Crippen LogP contribution in [-0.4, -0.2) is 16.4 Å². The molecular weight excluding hydrogens is 342 g/mol. The zero-order chi connectivity index (χ0) is 13.8. The van der Waals surface area contributed by atoms with Gasteiger partial charge in [0.2, 0.25) is 0 Å². The Balaban J connectivity index is 2.29. The van der Waals surface area contributed by atoms with E-state index in [1.165, 1.54) is 22.0 Å². The average Bonchev–Trinajstić information content (AvgIpc) is 2.86. The molecule has 0 amide bonds. The minimum atomic E-state index is 0.314. The van der Waals surface area contributed by atoms with Crippen molar-refractivity contribution in [3.8, 4) is 0 Å². The maximum absolute atomic E-state index is 4.51. The second-order valence-corrected chi connectivity index (χ2v) is 7.08. The number of aromatic nitrogens is 2. The molecule has 0 spiro atoms. The van der Waals surface area contributed by atoms with Crippen LogP contribution in [0.4, 0.5) is 0 Å². The van der Waals surface area contributed by atoms with Crippen LogP contribution in [0.15, 0.2) is 31.9 Å². The smallest absolute Gasteiger partial charge is 0.174 e. The van der Waals surface area contributed by atoms with Crippen molar-refractivity contribution in [2.24, 2.45) is 0 Å². The van der Waals surface area contributed by atoms with Gasteiger partial charge >= 0.3 is 0 Å². The van der Waals surface area contributed by atoms with Gasteiger partial charge in [-0.2, -0.15) is 4.37 Å². The Morgan fingerprint density at radius 1 is 1.47 bits per heavy atom. The summed E-state index contributed by atoms with van der Waals surface area (Å²) < 4.78 is 6.42. The molecule has 1 unspecified atom stereocenters. The van der Waals surface area contributed by atoms with Gasteiger partial charge in [-0.3, -0.25) is 0 Å². The van der Waals surface area contributed by atoms with Gasteiger partial charge in [-0.15, -0.1) is 0 Å². The molecule has 0 radical (unpaired) electrons. The molecule has 0 bridgehead atoms. The van der Waals surface area contributed by atoms with Crippen LogP contribution in [0, 0.1) is 0 Å². The number of nitrogens with zero attached hydrogens (tertiary/aromatic N) is 2. The van der Waals surface area contributed by atoms with Crippen molar-refractivity contribution >= 4 is 39.2 Å². The van der Waals surface area contributed by atoms with Crippen molar-refractivity contribution < 1.29 is 0 Å². The van der Waals surface area contributed by atoms with Crippen LogP contribution < -0.4 is 5.32 Å². The molecule has 19 heavy (non-hydrogen) atoms. The lowest BCUT2D eigenvalue weighted by Crippen LogP contribution is -2.13. The third-order valence-electron chi connectivity index (χ3n) is 2.84. The van der Waals surface area contributed by atoms with Crippen LogP contribution in [0.5, 0.6) is 0 Å². The summed E-state index contributed by atoms with van der Waals surface area (Å²) in [5.41, 5.74) is 1.28. The molecule has 1 heterocycles. The quantitative estimate of drug-likeness (QED) is 0.865. The second kappa shape index (κ2) is 6.83. The lowest BCUT2D eigenvalue weighted by Gasteiger charge is -2.15. The monoisotopic (exact) mass is 357 g/mol. The molecule has 0 saturated carbocycles. The van der Waals surface area contributed by atoms with E-state index in [1.807, 2.05) is 7.05 Å². The fourth-order valence-corrected chi connectivity index (χ4v) is 4.06. The van der Waals surface area contributed by atoms with E-state index in [1.54, 1.807) is 11.8 Å². The van der Waals surface area contributed by atoms with E-state index in [0.717, 1.165) is 21.1 Å². The number of hydrogen-bond acceptors (Lipinski definition) is 5. The third-order valence-corrected chi connectivity index (χ3v) is 5.19. The van der Waals surface area contributed by atoms with E-state index in [9.17, 15) is 0 Å². The van der Waals surface area contributed by atoms with Crippen LogP contribution in [-0.2, 0) is 6.42 Å². The molecule has 0 aliphatic rings. The summed E-state index contributed by atoms with van der Waals surface area (Å²) in [5.74, 6) is 0.922. The van der Waals surface area contributed by atoms with Gasteiger partial charge in [0.25, 0.3) is 0 Å². The maximum Gasteiger partial charge on any atom is 0.174 e. The van der Waals surface area contributed by atoms with Crippen LogP contribution >= 0.6 is 39.2 Å². The molecule has 1 N–H and O–H groups in total. The molecule has 0 aliphatic heterocycles. The summed E-state index contributed by atoms with van der Waals surface area (Å²) in [7, 11) is 1.97. The predicted octanol–water partition coefficient (Wildman–Crippen LogP) is 4.29. The minimum Gasteiger partial charge on any atom is -0.313 e. The zero-order valence-electron chi connectivity index (χ0n) is 11.1. The van der Waals surface area contributed by atoms with Gasteiger partial charge < -0.3 is 5.32 Å². The Morgan fingerprint density at radius 3 is 2.89 bits per heavy atom. The molecule has 0 saturated heterocycles. The Labute approximate surface area is 130 Å². The van der Waals surface area contributed by atoms with Crippen LogP contribution in [0.3, 0.4) is 0 Å². The van der Waals surface area contributed by atoms with Crippen LogP contribution in [0.2, 0.25) is 0 Å². The molecule has 1 aromatic carbocycles. The van der Waals surface area contributed by atoms with Gasteiger partial charge in [0.05, 0.1) is 0 Å². The molecule has 0 fully saturated rings. The van der Waals surface area contributed by atoms with Gasteiger partial charge in [0.1, 0.15) is 5.82 Å². The van der Waals surface area contributed by atoms with E-state index < -0.39 is 0 Å². The largest absolute Gasteiger partial charge is 0.313 e. The third kappa shape index (κ3) is 3.78. The summed E-state index contributed by atoms with van der Waals surface area (Å²) in [6, 6.07) is 6.68. The lowest BCUT2D eigenvalue weighted by molar-refractivity contribution is 0.641. The Morgan fingerprint density at radius 2 is 2.26 bits per heavy atom. The van der Waals surface area contributed by atoms with Crippen molar-refractivity contribution in [1.29, 1.82) is 0 Å². The second-order valence-electron chi connectivity index (χ2n) is 4.12. The number of hydrogen-bond donors (Lipinski definition) is 1. The van der Waals surface area contributed by atoms with Gasteiger partial charge in [-0.05, 0) is 43.2 Å². The minimum absolute atomic E-state index is 0.314. The van der Waals surface area contributed by atoms with E-state index in [0.29, 0.717) is 6.04 Å². The first kappa shape index (κ1) is 15.0. The molecule has 0 aliphatic carbocycles. The molecule has 1 atom stereocenters. The maximum atomic E-state index is 4.51. The van der Waals surface area contributed by atoms with Crippen LogP contribution in [0.25, 0.3) is 0 Å². The molecule has 3 nitrogen and oxygen atoms in total. The molecule has 2 rings (SSSR count). The molecule has 6 heteroatoms. The highest BCUT2D eigenvalue weighted by Gasteiger charge is 2.13. The zero-order valence-corrected chi connectivity index (χ0v) is 14.3. The summed E-state index contributed by atoms with van der Waals surface area (Å²) in [4.78, 5) is 5.73. The highest BCUT2D eigenvalue weighted by atomic mass is 79.9. The van der Waals surface area contributed by atoms with E-state index >= 15 is 0 Å². The van der Waals surface area contributed by atoms with Crippen molar-refractivity contribution in [3.63, 3.8) is 0 Å². The number of aryl methyl sites for hydroxylation is 1. The van der Waals surface area contributed by atoms with Gasteiger partial charge in [0.15, 0.2) is 4.34 Å². The Bertz CT molecular complexity index is 557. The number of benzene rings is 1. The first-order chi connectivity index (χ1) is 9.13. The number of halogens is 1. The summed E-state index contributed by atoms with van der Waals surface area (Å²) in [5, 5.41) is 3.28. The normalized spacial score (nSPS) is 12.6. The predicted molar refractivity (Wildman–Crippen MR) is 85.0 cm³/mol. The Hall–Kier alpha value is -0.430. The molecule has 2 aromatic rings. The number of rotatable bonds is 5. The highest BCUT2D eigenvalue weighted by molar-refractivity contribution is 9.10. The first-order valence-electron chi connectivity index (χ1n) is 6.11. The van der Waals surface area contributed by atoms with Crippen molar-refractivity contribution in [2.75, 3.05) is 7.05 Å².